The van der Waals surface area contributed by atoms with E-state index in [1.807, 2.05) is 13.8 Å². The molecule has 0 aromatic carbocycles. The average molecular weight is 365 g/mol. The molecule has 20 heavy (non-hydrogen) atoms. The summed E-state index contributed by atoms with van der Waals surface area (Å²) in [6.07, 6.45) is 2.92. The zero-order valence-corrected chi connectivity index (χ0v) is 14.6. The number of hydrogen-bond donors (Lipinski definition) is 2. The minimum Gasteiger partial charge on any atom is -0.368 e. The number of anilines is 1. The Balaban J connectivity index is 2.74. The molecule has 0 unspecified atom stereocenters. The minimum atomic E-state index is -3.24. The summed E-state index contributed by atoms with van der Waals surface area (Å²) in [5.74, 6) is 1.44. The van der Waals surface area contributed by atoms with Crippen LogP contribution in [-0.4, -0.2) is 36.7 Å². The normalized spacial score (nSPS) is 12.4. The lowest BCUT2D eigenvalue weighted by molar-refractivity contribution is 0.475. The van der Waals surface area contributed by atoms with Crippen molar-refractivity contribution in [3.8, 4) is 0 Å². The molecule has 1 aromatic heterocycles. The first kappa shape index (κ1) is 17.3. The number of nitrogens with one attached hydrogen (secondary N) is 2. The van der Waals surface area contributed by atoms with E-state index >= 15 is 0 Å². The van der Waals surface area contributed by atoms with Crippen LogP contribution in [0.4, 0.5) is 5.82 Å². The van der Waals surface area contributed by atoms with Crippen molar-refractivity contribution in [2.24, 2.45) is 0 Å². The van der Waals surface area contributed by atoms with Crippen LogP contribution in [0.15, 0.2) is 10.7 Å². The Labute approximate surface area is 129 Å². The summed E-state index contributed by atoms with van der Waals surface area (Å²) in [4.78, 5) is 8.67. The van der Waals surface area contributed by atoms with Gasteiger partial charge in [-0.15, -0.1) is 0 Å². The largest absolute Gasteiger partial charge is 0.368 e. The van der Waals surface area contributed by atoms with Crippen molar-refractivity contribution in [1.82, 2.24) is 14.7 Å². The molecule has 1 heterocycles. The molecule has 0 radical (unpaired) electrons. The van der Waals surface area contributed by atoms with Gasteiger partial charge in [0.25, 0.3) is 0 Å². The van der Waals surface area contributed by atoms with Crippen molar-refractivity contribution in [2.75, 3.05) is 18.1 Å². The van der Waals surface area contributed by atoms with Crippen LogP contribution in [0.2, 0.25) is 0 Å². The maximum Gasteiger partial charge on any atom is 0.209 e. The Morgan fingerprint density at radius 1 is 1.35 bits per heavy atom. The van der Waals surface area contributed by atoms with Crippen LogP contribution in [0, 0.1) is 0 Å². The monoisotopic (exact) mass is 364 g/mol. The second-order valence-electron chi connectivity index (χ2n) is 5.35. The van der Waals surface area contributed by atoms with Gasteiger partial charge < -0.3 is 5.32 Å². The van der Waals surface area contributed by atoms with Gasteiger partial charge in [0.2, 0.25) is 10.0 Å². The Morgan fingerprint density at radius 2 is 2.00 bits per heavy atom. The molecule has 0 aliphatic carbocycles. The lowest BCUT2D eigenvalue weighted by Gasteiger charge is -2.25. The molecule has 2 N–H and O–H groups in total. The number of halogens is 1. The lowest BCUT2D eigenvalue weighted by atomic mass is 10.1. The predicted octanol–water partition coefficient (Wildman–Crippen LogP) is 1.93. The highest BCUT2D eigenvalue weighted by Crippen LogP contribution is 2.14. The smallest absolute Gasteiger partial charge is 0.209 e. The van der Waals surface area contributed by atoms with Gasteiger partial charge in [-0.1, -0.05) is 6.92 Å². The van der Waals surface area contributed by atoms with Crippen molar-refractivity contribution in [3.05, 3.63) is 16.5 Å². The first-order valence-electron chi connectivity index (χ1n) is 6.37. The Bertz CT molecular complexity index is 561. The number of aryl methyl sites for hydroxylation is 1. The van der Waals surface area contributed by atoms with Gasteiger partial charge in [-0.3, -0.25) is 0 Å². The van der Waals surface area contributed by atoms with Crippen LogP contribution in [0.3, 0.4) is 0 Å². The van der Waals surface area contributed by atoms with E-state index in [9.17, 15) is 8.42 Å². The van der Waals surface area contributed by atoms with Crippen molar-refractivity contribution >= 4 is 31.8 Å². The highest BCUT2D eigenvalue weighted by atomic mass is 79.9. The molecule has 0 atom stereocenters. The number of sulfonamides is 1. The van der Waals surface area contributed by atoms with Crippen molar-refractivity contribution < 1.29 is 8.42 Å². The van der Waals surface area contributed by atoms with Gasteiger partial charge in [-0.05, 0) is 36.2 Å². The highest BCUT2D eigenvalue weighted by molar-refractivity contribution is 9.10. The van der Waals surface area contributed by atoms with Gasteiger partial charge in [0.1, 0.15) is 16.2 Å². The summed E-state index contributed by atoms with van der Waals surface area (Å²) in [5, 5.41) is 3.14. The summed E-state index contributed by atoms with van der Waals surface area (Å²) < 4.78 is 25.8. The molecule has 1 aromatic rings. The van der Waals surface area contributed by atoms with E-state index in [4.69, 9.17) is 0 Å². The first-order valence-corrected chi connectivity index (χ1v) is 9.06. The molecule has 0 saturated carbocycles. The SMILES string of the molecule is CCCc1nc(Br)cc(NCC(C)(C)NS(C)(=O)=O)n1. The zero-order chi connectivity index (χ0) is 15.4. The molecule has 1 rings (SSSR count). The third-order valence-electron chi connectivity index (χ3n) is 2.39. The summed E-state index contributed by atoms with van der Waals surface area (Å²) in [7, 11) is -3.24. The second-order valence-corrected chi connectivity index (χ2v) is 7.91. The molecule has 0 amide bonds. The summed E-state index contributed by atoms with van der Waals surface area (Å²) in [6, 6.07) is 1.77. The average Bonchev–Trinajstić information content (AvgIpc) is 2.23. The van der Waals surface area contributed by atoms with E-state index in [2.05, 4.69) is 42.9 Å². The predicted molar refractivity (Wildman–Crippen MR) is 84.3 cm³/mol. The fourth-order valence-electron chi connectivity index (χ4n) is 1.74. The molecule has 0 bridgehead atoms. The van der Waals surface area contributed by atoms with E-state index < -0.39 is 15.6 Å². The molecular weight excluding hydrogens is 344 g/mol. The van der Waals surface area contributed by atoms with Gasteiger partial charge in [-0.25, -0.2) is 23.1 Å². The molecule has 6 nitrogen and oxygen atoms in total. The molecule has 0 spiro atoms. The third kappa shape index (κ3) is 6.62. The molecule has 0 aliphatic heterocycles. The Hall–Kier alpha value is -0.730. The highest BCUT2D eigenvalue weighted by Gasteiger charge is 2.22. The number of hydrogen-bond acceptors (Lipinski definition) is 5. The number of nitrogens with zero attached hydrogens (tertiary/aromatic N) is 2. The topological polar surface area (TPSA) is 84.0 Å². The third-order valence-corrected chi connectivity index (χ3v) is 3.72. The van der Waals surface area contributed by atoms with E-state index in [0.717, 1.165) is 24.9 Å². The summed E-state index contributed by atoms with van der Waals surface area (Å²) in [6.45, 7) is 6.11. The van der Waals surface area contributed by atoms with Crippen LogP contribution in [-0.2, 0) is 16.4 Å². The number of rotatable bonds is 7. The minimum absolute atomic E-state index is 0.426. The van der Waals surface area contributed by atoms with Crippen LogP contribution in [0.25, 0.3) is 0 Å². The number of aromatic nitrogens is 2. The first-order chi connectivity index (χ1) is 9.11. The molecule has 8 heteroatoms. The van der Waals surface area contributed by atoms with Crippen LogP contribution < -0.4 is 10.0 Å². The molecule has 0 saturated heterocycles. The van der Waals surface area contributed by atoms with E-state index in [-0.39, 0.29) is 0 Å². The van der Waals surface area contributed by atoms with E-state index in [1.165, 1.54) is 0 Å². The van der Waals surface area contributed by atoms with Crippen LogP contribution >= 0.6 is 15.9 Å². The molecular formula is C12H21BrN4O2S. The van der Waals surface area contributed by atoms with Crippen LogP contribution in [0.5, 0.6) is 0 Å². The molecule has 114 valence electrons. The lowest BCUT2D eigenvalue weighted by Crippen LogP contribution is -2.47. The Morgan fingerprint density at radius 3 is 2.55 bits per heavy atom. The quantitative estimate of drug-likeness (QED) is 0.722. The van der Waals surface area contributed by atoms with Gasteiger partial charge in [-0.2, -0.15) is 0 Å². The van der Waals surface area contributed by atoms with Crippen LogP contribution in [0.1, 0.15) is 33.0 Å². The second kappa shape index (κ2) is 6.82. The maximum atomic E-state index is 11.3. The maximum absolute atomic E-state index is 11.3. The van der Waals surface area contributed by atoms with Crippen molar-refractivity contribution in [1.29, 1.82) is 0 Å². The fourth-order valence-corrected chi connectivity index (χ4v) is 3.24. The molecule has 0 aliphatic rings. The van der Waals surface area contributed by atoms with Gasteiger partial charge >= 0.3 is 0 Å². The summed E-state index contributed by atoms with van der Waals surface area (Å²) >= 11 is 3.35. The summed E-state index contributed by atoms with van der Waals surface area (Å²) in [5.41, 5.74) is -0.601. The van der Waals surface area contributed by atoms with Crippen molar-refractivity contribution in [2.45, 2.75) is 39.2 Å². The van der Waals surface area contributed by atoms with E-state index in [1.54, 1.807) is 6.07 Å². The fraction of sp³-hybridized carbons (Fsp3) is 0.667. The zero-order valence-electron chi connectivity index (χ0n) is 12.2. The van der Waals surface area contributed by atoms with E-state index in [0.29, 0.717) is 17.0 Å². The standard InChI is InChI=1S/C12H21BrN4O2S/c1-5-6-10-15-9(13)7-11(16-10)14-8-12(2,3)17-20(4,18)19/h7,17H,5-6,8H2,1-4H3,(H,14,15,16). The van der Waals surface area contributed by atoms with Crippen molar-refractivity contribution in [3.63, 3.8) is 0 Å². The van der Waals surface area contributed by atoms with Gasteiger partial charge in [0.15, 0.2) is 0 Å². The Kier molecular flexibility index (Phi) is 5.91. The van der Waals surface area contributed by atoms with Gasteiger partial charge in [0, 0.05) is 24.6 Å². The van der Waals surface area contributed by atoms with Gasteiger partial charge in [0.05, 0.1) is 6.26 Å². The molecule has 0 fully saturated rings.